The molecule has 4 rings (SSSR count). The van der Waals surface area contributed by atoms with Crippen LogP contribution in [-0.2, 0) is 4.79 Å². The number of halogens is 1. The molecule has 1 N–H and O–H groups in total. The largest absolute Gasteiger partial charge is 0.493 e. The van der Waals surface area contributed by atoms with Crippen LogP contribution in [0.3, 0.4) is 0 Å². The highest BCUT2D eigenvalue weighted by atomic mass is 35.5. The summed E-state index contributed by atoms with van der Waals surface area (Å²) in [7, 11) is 3.12. The lowest BCUT2D eigenvalue weighted by atomic mass is 10.2. The first-order valence-electron chi connectivity index (χ1n) is 11.1. The number of carbonyl (C=O) groups is 2. The molecule has 0 unspecified atom stereocenters. The highest BCUT2D eigenvalue weighted by molar-refractivity contribution is 7.12. The highest BCUT2D eigenvalue weighted by Crippen LogP contribution is 2.32. The van der Waals surface area contributed by atoms with E-state index in [1.54, 1.807) is 49.1 Å². The van der Waals surface area contributed by atoms with E-state index < -0.39 is 0 Å². The number of nitrogens with zero attached hydrogens (tertiary/aromatic N) is 3. The monoisotopic (exact) mass is 524 g/mol. The zero-order valence-electron chi connectivity index (χ0n) is 20.0. The average Bonchev–Trinajstić information content (AvgIpc) is 3.57. The first-order valence-corrected chi connectivity index (χ1v) is 12.4. The second-order valence-electron chi connectivity index (χ2n) is 7.71. The van der Waals surface area contributed by atoms with Crippen molar-refractivity contribution in [2.45, 2.75) is 6.92 Å². The van der Waals surface area contributed by atoms with Crippen molar-refractivity contribution in [3.05, 3.63) is 76.1 Å². The molecular weight excluding hydrogens is 500 g/mol. The SMILES string of the molecule is CCN(CC(=O)Nc1nc(-c2ccc(Cl)cc2)cn1-c1ccc(OC)c(OC)c1)C(=O)c1cccs1. The van der Waals surface area contributed by atoms with Crippen LogP contribution in [0.1, 0.15) is 16.6 Å². The van der Waals surface area contributed by atoms with Crippen molar-refractivity contribution in [1.29, 1.82) is 0 Å². The molecule has 10 heteroatoms. The van der Waals surface area contributed by atoms with E-state index in [0.29, 0.717) is 45.3 Å². The van der Waals surface area contributed by atoms with E-state index in [0.717, 1.165) is 5.56 Å². The number of nitrogens with one attached hydrogen (secondary N) is 1. The van der Waals surface area contributed by atoms with E-state index in [1.807, 2.05) is 42.8 Å². The molecule has 0 spiro atoms. The number of ether oxygens (including phenoxy) is 2. The Kier molecular flexibility index (Phi) is 7.92. The fraction of sp³-hybridized carbons (Fsp3) is 0.192. The minimum Gasteiger partial charge on any atom is -0.493 e. The Bertz CT molecular complexity index is 1350. The Hall–Kier alpha value is -3.82. The number of hydrogen-bond acceptors (Lipinski definition) is 6. The Morgan fingerprint density at radius 1 is 1.08 bits per heavy atom. The molecule has 0 saturated carbocycles. The van der Waals surface area contributed by atoms with Crippen molar-refractivity contribution in [1.82, 2.24) is 14.5 Å². The second kappa shape index (κ2) is 11.3. The van der Waals surface area contributed by atoms with Crippen LogP contribution in [0.25, 0.3) is 16.9 Å². The number of benzene rings is 2. The number of thiophene rings is 1. The van der Waals surface area contributed by atoms with Gasteiger partial charge in [-0.25, -0.2) is 4.98 Å². The third-order valence-electron chi connectivity index (χ3n) is 5.48. The van der Waals surface area contributed by atoms with E-state index >= 15 is 0 Å². The van der Waals surface area contributed by atoms with Crippen molar-refractivity contribution in [3.63, 3.8) is 0 Å². The number of amides is 2. The number of methoxy groups -OCH3 is 2. The van der Waals surface area contributed by atoms with Crippen LogP contribution in [0, 0.1) is 0 Å². The standard InChI is InChI=1S/C26H25ClN4O4S/c1-4-30(25(33)23-6-5-13-36-23)16-24(32)29-26-28-20(17-7-9-18(27)10-8-17)15-31(26)19-11-12-21(34-2)22(14-19)35-3/h5-15H,4,16H2,1-3H3,(H,28,29,32). The van der Waals surface area contributed by atoms with E-state index in [4.69, 9.17) is 21.1 Å². The van der Waals surface area contributed by atoms with Gasteiger partial charge in [0.05, 0.1) is 30.5 Å². The van der Waals surface area contributed by atoms with Crippen molar-refractivity contribution < 1.29 is 19.1 Å². The summed E-state index contributed by atoms with van der Waals surface area (Å²) in [6.45, 7) is 2.12. The Morgan fingerprint density at radius 2 is 1.83 bits per heavy atom. The zero-order chi connectivity index (χ0) is 25.7. The molecule has 186 valence electrons. The molecule has 4 aromatic rings. The average molecular weight is 525 g/mol. The minimum atomic E-state index is -0.364. The summed E-state index contributed by atoms with van der Waals surface area (Å²) in [5, 5.41) is 5.31. The van der Waals surface area contributed by atoms with E-state index in [2.05, 4.69) is 10.3 Å². The maximum Gasteiger partial charge on any atom is 0.264 e. The lowest BCUT2D eigenvalue weighted by Gasteiger charge is -2.19. The van der Waals surface area contributed by atoms with Crippen LogP contribution in [0.4, 0.5) is 5.95 Å². The number of likely N-dealkylation sites (N-methyl/N-ethyl adjacent to an activating group) is 1. The number of rotatable bonds is 9. The Morgan fingerprint density at radius 3 is 2.47 bits per heavy atom. The predicted octanol–water partition coefficient (Wildman–Crippen LogP) is 5.37. The van der Waals surface area contributed by atoms with Crippen molar-refractivity contribution >= 4 is 40.7 Å². The molecule has 0 atom stereocenters. The van der Waals surface area contributed by atoms with Gasteiger partial charge in [-0.15, -0.1) is 11.3 Å². The van der Waals surface area contributed by atoms with Crippen LogP contribution < -0.4 is 14.8 Å². The highest BCUT2D eigenvalue weighted by Gasteiger charge is 2.21. The first-order chi connectivity index (χ1) is 17.4. The second-order valence-corrected chi connectivity index (χ2v) is 9.09. The summed E-state index contributed by atoms with van der Waals surface area (Å²) in [6, 6.07) is 16.2. The number of aromatic nitrogens is 2. The Labute approximate surface area is 218 Å². The third-order valence-corrected chi connectivity index (χ3v) is 6.59. The molecular formula is C26H25ClN4O4S. The van der Waals surface area contributed by atoms with E-state index in [1.165, 1.54) is 16.2 Å². The summed E-state index contributed by atoms with van der Waals surface area (Å²) >= 11 is 7.39. The van der Waals surface area contributed by atoms with Crippen molar-refractivity contribution in [2.75, 3.05) is 32.6 Å². The molecule has 2 aromatic heterocycles. The van der Waals surface area contributed by atoms with Gasteiger partial charge in [0, 0.05) is 29.4 Å². The molecule has 0 aliphatic heterocycles. The third kappa shape index (κ3) is 5.53. The topological polar surface area (TPSA) is 85.7 Å². The van der Waals surface area contributed by atoms with E-state index in [9.17, 15) is 9.59 Å². The van der Waals surface area contributed by atoms with Gasteiger partial charge in [0.1, 0.15) is 6.54 Å². The van der Waals surface area contributed by atoms with Crippen LogP contribution in [0.15, 0.2) is 66.2 Å². The fourth-order valence-corrected chi connectivity index (χ4v) is 4.44. The van der Waals surface area contributed by atoms with E-state index in [-0.39, 0.29) is 18.4 Å². The molecule has 0 radical (unpaired) electrons. The molecule has 0 bridgehead atoms. The van der Waals surface area contributed by atoms with Crippen molar-refractivity contribution in [3.8, 4) is 28.4 Å². The van der Waals surface area contributed by atoms with Gasteiger partial charge in [-0.1, -0.05) is 29.8 Å². The van der Waals surface area contributed by atoms with Crippen LogP contribution >= 0.6 is 22.9 Å². The van der Waals surface area contributed by atoms with Gasteiger partial charge in [-0.05, 0) is 42.6 Å². The van der Waals surface area contributed by atoms with Gasteiger partial charge in [0.2, 0.25) is 11.9 Å². The molecule has 0 fully saturated rings. The number of hydrogen-bond donors (Lipinski definition) is 1. The van der Waals surface area contributed by atoms with Crippen LogP contribution in [-0.4, -0.2) is 53.6 Å². The zero-order valence-corrected chi connectivity index (χ0v) is 21.6. The summed E-state index contributed by atoms with van der Waals surface area (Å²) in [5.74, 6) is 0.865. The van der Waals surface area contributed by atoms with Crippen LogP contribution in [0.2, 0.25) is 5.02 Å². The van der Waals surface area contributed by atoms with Gasteiger partial charge < -0.3 is 14.4 Å². The van der Waals surface area contributed by atoms with Gasteiger partial charge in [-0.2, -0.15) is 0 Å². The molecule has 0 aliphatic carbocycles. The fourth-order valence-electron chi connectivity index (χ4n) is 3.62. The van der Waals surface area contributed by atoms with Gasteiger partial charge in [0.15, 0.2) is 11.5 Å². The van der Waals surface area contributed by atoms with Crippen molar-refractivity contribution in [2.24, 2.45) is 0 Å². The van der Waals surface area contributed by atoms with Crippen LogP contribution in [0.5, 0.6) is 11.5 Å². The molecule has 0 aliphatic rings. The lowest BCUT2D eigenvalue weighted by molar-refractivity contribution is -0.116. The predicted molar refractivity (Wildman–Crippen MR) is 142 cm³/mol. The van der Waals surface area contributed by atoms with Gasteiger partial charge >= 0.3 is 0 Å². The summed E-state index contributed by atoms with van der Waals surface area (Å²) in [4.78, 5) is 32.5. The molecule has 2 aromatic carbocycles. The smallest absolute Gasteiger partial charge is 0.264 e. The summed E-state index contributed by atoms with van der Waals surface area (Å²) in [5.41, 5.74) is 2.17. The molecule has 2 heterocycles. The Balaban J connectivity index is 1.66. The summed E-state index contributed by atoms with van der Waals surface area (Å²) in [6.07, 6.45) is 1.81. The molecule has 36 heavy (non-hydrogen) atoms. The van der Waals surface area contributed by atoms with Gasteiger partial charge in [0.25, 0.3) is 5.91 Å². The normalized spacial score (nSPS) is 10.7. The number of anilines is 1. The molecule has 0 saturated heterocycles. The van der Waals surface area contributed by atoms with Gasteiger partial charge in [-0.3, -0.25) is 19.5 Å². The maximum absolute atomic E-state index is 13.0. The lowest BCUT2D eigenvalue weighted by Crippen LogP contribution is -2.37. The number of carbonyl (C=O) groups excluding carboxylic acids is 2. The molecule has 2 amide bonds. The minimum absolute atomic E-state index is 0.109. The number of imidazole rings is 1. The maximum atomic E-state index is 13.0. The molecule has 8 nitrogen and oxygen atoms in total. The quantitative estimate of drug-likeness (QED) is 0.318. The first kappa shape index (κ1) is 25.3. The summed E-state index contributed by atoms with van der Waals surface area (Å²) < 4.78 is 12.5.